The summed E-state index contributed by atoms with van der Waals surface area (Å²) in [6, 6.07) is 18.1. The van der Waals surface area contributed by atoms with E-state index in [4.69, 9.17) is 9.47 Å². The molecule has 2 aromatic carbocycles. The minimum absolute atomic E-state index is 0.0262. The van der Waals surface area contributed by atoms with Crippen LogP contribution >= 0.6 is 0 Å². The molecule has 0 radical (unpaired) electrons. The fourth-order valence-electron chi connectivity index (χ4n) is 2.78. The van der Waals surface area contributed by atoms with Crippen molar-refractivity contribution in [3.8, 4) is 0 Å². The predicted molar refractivity (Wildman–Crippen MR) is 129 cm³/mol. The van der Waals surface area contributed by atoms with Crippen molar-refractivity contribution in [2.45, 2.75) is 26.1 Å². The molecule has 2 aromatic rings. The number of alkyl carbamates (subject to hydrolysis) is 2. The van der Waals surface area contributed by atoms with Gasteiger partial charge < -0.3 is 18.9 Å². The molecule has 0 aliphatic rings. The van der Waals surface area contributed by atoms with Crippen molar-refractivity contribution < 1.29 is 38.1 Å². The number of allylic oxidation sites excluding steroid dienone is 2. The van der Waals surface area contributed by atoms with Gasteiger partial charge in [0.1, 0.15) is 24.6 Å². The van der Waals surface area contributed by atoms with E-state index < -0.39 is 24.1 Å². The van der Waals surface area contributed by atoms with Crippen molar-refractivity contribution >= 4 is 24.1 Å². The van der Waals surface area contributed by atoms with Gasteiger partial charge in [0.05, 0.1) is 14.2 Å². The lowest BCUT2D eigenvalue weighted by Crippen LogP contribution is -2.29. The molecule has 10 nitrogen and oxygen atoms in total. The Hall–Kier alpha value is -4.60. The molecule has 0 saturated carbocycles. The normalized spacial score (nSPS) is 11.2. The minimum Gasteiger partial charge on any atom is -0.464 e. The topological polar surface area (TPSA) is 129 Å². The van der Waals surface area contributed by atoms with Crippen molar-refractivity contribution in [2.75, 3.05) is 14.2 Å². The number of esters is 2. The van der Waals surface area contributed by atoms with Crippen molar-refractivity contribution in [3.63, 3.8) is 0 Å². The number of ether oxygens (including phenoxy) is 4. The molecule has 0 unspecified atom stereocenters. The number of methoxy groups -OCH3 is 2. The van der Waals surface area contributed by atoms with E-state index in [-0.39, 0.29) is 37.4 Å². The first-order valence-corrected chi connectivity index (χ1v) is 10.9. The molecule has 0 spiro atoms. The summed E-state index contributed by atoms with van der Waals surface area (Å²) in [4.78, 5) is 48.2. The summed E-state index contributed by atoms with van der Waals surface area (Å²) in [5, 5.41) is 4.70. The van der Waals surface area contributed by atoms with Crippen LogP contribution in [-0.2, 0) is 41.8 Å². The van der Waals surface area contributed by atoms with E-state index in [1.165, 1.54) is 26.4 Å². The van der Waals surface area contributed by atoms with Crippen LogP contribution in [-0.4, -0.2) is 38.3 Å². The van der Waals surface area contributed by atoms with Crippen molar-refractivity contribution in [1.29, 1.82) is 0 Å². The third-order valence-corrected chi connectivity index (χ3v) is 4.57. The highest BCUT2D eigenvalue weighted by Gasteiger charge is 2.16. The van der Waals surface area contributed by atoms with Crippen LogP contribution in [0.15, 0.2) is 84.2 Å². The lowest BCUT2D eigenvalue weighted by molar-refractivity contribution is -0.137. The van der Waals surface area contributed by atoms with E-state index in [2.05, 4.69) is 20.1 Å². The molecule has 2 amide bonds. The molecule has 0 aliphatic heterocycles. The second kappa shape index (κ2) is 15.3. The first kappa shape index (κ1) is 27.6. The Balaban J connectivity index is 1.92. The third-order valence-electron chi connectivity index (χ3n) is 4.57. The summed E-state index contributed by atoms with van der Waals surface area (Å²) in [6.07, 6.45) is 1.59. The van der Waals surface area contributed by atoms with Crippen LogP contribution in [0.25, 0.3) is 0 Å². The summed E-state index contributed by atoms with van der Waals surface area (Å²) in [5.41, 5.74) is 1.32. The average molecular weight is 497 g/mol. The molecular formula is C26H28N2O8. The van der Waals surface area contributed by atoms with Gasteiger partial charge in [0.15, 0.2) is 0 Å². The number of benzene rings is 2. The second-order valence-electron chi connectivity index (χ2n) is 7.17. The monoisotopic (exact) mass is 496 g/mol. The smallest absolute Gasteiger partial charge is 0.412 e. The van der Waals surface area contributed by atoms with Gasteiger partial charge in [-0.05, 0) is 24.0 Å². The highest BCUT2D eigenvalue weighted by atomic mass is 16.6. The van der Waals surface area contributed by atoms with Gasteiger partial charge in [0, 0.05) is 0 Å². The number of rotatable bonds is 11. The molecule has 0 bridgehead atoms. The average Bonchev–Trinajstić information content (AvgIpc) is 2.91. The lowest BCUT2D eigenvalue weighted by Gasteiger charge is -2.10. The molecule has 0 fully saturated rings. The molecule has 36 heavy (non-hydrogen) atoms. The number of hydrogen-bond donors (Lipinski definition) is 2. The number of carbonyl (C=O) groups excluding carboxylic acids is 4. The minimum atomic E-state index is -0.830. The summed E-state index contributed by atoms with van der Waals surface area (Å²) in [5.74, 6) is -1.54. The molecule has 0 saturated heterocycles. The Kier molecular flexibility index (Phi) is 11.8. The van der Waals surface area contributed by atoms with E-state index in [9.17, 15) is 19.2 Å². The number of nitrogens with one attached hydrogen (secondary N) is 2. The Morgan fingerprint density at radius 1 is 0.639 bits per heavy atom. The third kappa shape index (κ3) is 10.1. The van der Waals surface area contributed by atoms with Crippen LogP contribution in [0.2, 0.25) is 0 Å². The lowest BCUT2D eigenvalue weighted by atomic mass is 10.2. The fraction of sp³-hybridized carbons (Fsp3) is 0.231. The zero-order chi connectivity index (χ0) is 26.2. The Bertz CT molecular complexity index is 994. The largest absolute Gasteiger partial charge is 0.464 e. The number of hydrogen-bond acceptors (Lipinski definition) is 8. The molecule has 190 valence electrons. The molecule has 2 N–H and O–H groups in total. The zero-order valence-electron chi connectivity index (χ0n) is 20.0. The molecular weight excluding hydrogens is 468 g/mol. The molecule has 0 aromatic heterocycles. The van der Waals surface area contributed by atoms with Crippen LogP contribution in [0.5, 0.6) is 0 Å². The Morgan fingerprint density at radius 3 is 1.33 bits per heavy atom. The van der Waals surface area contributed by atoms with Crippen molar-refractivity contribution in [2.24, 2.45) is 0 Å². The van der Waals surface area contributed by atoms with Crippen molar-refractivity contribution in [1.82, 2.24) is 10.6 Å². The first-order valence-electron chi connectivity index (χ1n) is 10.9. The quantitative estimate of drug-likeness (QED) is 0.208. The van der Waals surface area contributed by atoms with Gasteiger partial charge in [-0.2, -0.15) is 0 Å². The highest BCUT2D eigenvalue weighted by Crippen LogP contribution is 2.06. The van der Waals surface area contributed by atoms with Gasteiger partial charge in [-0.3, -0.25) is 10.6 Å². The molecule has 10 heteroatoms. The number of amides is 2. The second-order valence-corrected chi connectivity index (χ2v) is 7.17. The van der Waals surface area contributed by atoms with Crippen LogP contribution in [0.3, 0.4) is 0 Å². The van der Waals surface area contributed by atoms with Gasteiger partial charge in [0.2, 0.25) is 0 Å². The van der Waals surface area contributed by atoms with E-state index in [0.29, 0.717) is 0 Å². The van der Waals surface area contributed by atoms with Crippen molar-refractivity contribution in [3.05, 3.63) is 95.3 Å². The highest BCUT2D eigenvalue weighted by molar-refractivity contribution is 5.92. The molecule has 0 atom stereocenters. The van der Waals surface area contributed by atoms with Crippen LogP contribution in [0.4, 0.5) is 9.59 Å². The van der Waals surface area contributed by atoms with E-state index in [0.717, 1.165) is 11.1 Å². The van der Waals surface area contributed by atoms with E-state index >= 15 is 0 Å². The summed E-state index contributed by atoms with van der Waals surface area (Å²) in [6.45, 7) is 0.0524. The first-order chi connectivity index (χ1) is 17.4. The molecule has 2 rings (SSSR count). The molecule has 0 aliphatic carbocycles. The Labute approximate surface area is 208 Å². The number of unbranched alkanes of at least 4 members (excludes halogenated alkanes) is 1. The van der Waals surface area contributed by atoms with E-state index in [1.807, 2.05) is 36.4 Å². The van der Waals surface area contributed by atoms with Crippen LogP contribution < -0.4 is 10.6 Å². The van der Waals surface area contributed by atoms with Crippen LogP contribution in [0, 0.1) is 0 Å². The number of carbonyl (C=O) groups is 4. The van der Waals surface area contributed by atoms with Gasteiger partial charge >= 0.3 is 24.1 Å². The SMILES string of the molecule is COC(=O)/C(=C/CC/C=C(\NC(=O)OCc1ccccc1)C(=O)OC)NC(=O)OCc1ccccc1. The van der Waals surface area contributed by atoms with Gasteiger partial charge in [-0.1, -0.05) is 72.8 Å². The van der Waals surface area contributed by atoms with Gasteiger partial charge in [-0.15, -0.1) is 0 Å². The predicted octanol–water partition coefficient (Wildman–Crippen LogP) is 3.73. The fourth-order valence-corrected chi connectivity index (χ4v) is 2.78. The summed E-state index contributed by atoms with van der Waals surface area (Å²) >= 11 is 0. The summed E-state index contributed by atoms with van der Waals surface area (Å²) < 4.78 is 19.6. The molecule has 0 heterocycles. The zero-order valence-corrected chi connectivity index (χ0v) is 20.0. The standard InChI is InChI=1S/C26H28N2O8/c1-33-23(29)21(27-25(31)35-17-19-11-5-3-6-12-19)15-9-10-16-22(24(30)34-2)28-26(32)36-18-20-13-7-4-8-14-20/h3-8,11-16H,9-10,17-18H2,1-2H3,(H,27,31)(H,28,32)/b21-15-,22-16-. The van der Waals surface area contributed by atoms with Gasteiger partial charge in [0.25, 0.3) is 0 Å². The van der Waals surface area contributed by atoms with E-state index in [1.54, 1.807) is 24.3 Å². The van der Waals surface area contributed by atoms with Crippen LogP contribution in [0.1, 0.15) is 24.0 Å². The maximum Gasteiger partial charge on any atom is 0.412 e. The maximum atomic E-state index is 12.1. The Morgan fingerprint density at radius 2 is 1.00 bits per heavy atom. The maximum absolute atomic E-state index is 12.1. The summed E-state index contributed by atoms with van der Waals surface area (Å²) in [7, 11) is 2.35. The van der Waals surface area contributed by atoms with Gasteiger partial charge in [-0.25, -0.2) is 19.2 Å².